The number of carbonyl (C=O) groups excluding carboxylic acids is 1. The van der Waals surface area contributed by atoms with Gasteiger partial charge in [-0.3, -0.25) is 4.79 Å². The van der Waals surface area contributed by atoms with Gasteiger partial charge in [-0.15, -0.1) is 0 Å². The number of hydrogen-bond acceptors (Lipinski definition) is 3. The Morgan fingerprint density at radius 2 is 2.17 bits per heavy atom. The number of ketones is 1. The van der Waals surface area contributed by atoms with Gasteiger partial charge in [0, 0.05) is 13.2 Å². The van der Waals surface area contributed by atoms with Gasteiger partial charge in [-0.05, 0) is 43.9 Å². The van der Waals surface area contributed by atoms with Gasteiger partial charge in [0.15, 0.2) is 5.78 Å². The number of Topliss-reactive ketones (excluding diaryl/α,β-unsaturated/α-hetero) is 1. The highest BCUT2D eigenvalue weighted by Gasteiger charge is 2.16. The number of hydrogen-bond donors (Lipinski definition) is 0. The van der Waals surface area contributed by atoms with Gasteiger partial charge in [0.05, 0.1) is 12.2 Å². The van der Waals surface area contributed by atoms with Crippen molar-refractivity contribution in [1.82, 2.24) is 0 Å². The molecule has 0 aromatic heterocycles. The average Bonchev–Trinajstić information content (AvgIpc) is 2.38. The fraction of sp³-hybridized carbons (Fsp3) is 0.500. The van der Waals surface area contributed by atoms with Crippen LogP contribution in [0.1, 0.15) is 30.1 Å². The zero-order valence-electron chi connectivity index (χ0n) is 10.4. The van der Waals surface area contributed by atoms with E-state index in [0.29, 0.717) is 23.8 Å². The minimum absolute atomic E-state index is 0.184. The summed E-state index contributed by atoms with van der Waals surface area (Å²) in [5, 5.41) is 0. The normalized spacial score (nSPS) is 16.6. The maximum Gasteiger partial charge on any atom is 0.163 e. The van der Waals surface area contributed by atoms with Gasteiger partial charge in [-0.1, -0.05) is 0 Å². The molecule has 0 bridgehead atoms. The minimum Gasteiger partial charge on any atom is -0.493 e. The van der Waals surface area contributed by atoms with E-state index in [2.05, 4.69) is 0 Å². The van der Waals surface area contributed by atoms with Crippen molar-refractivity contribution in [3.8, 4) is 5.75 Å². The molecule has 1 aliphatic heterocycles. The van der Waals surface area contributed by atoms with Gasteiger partial charge in [-0.25, -0.2) is 4.39 Å². The lowest BCUT2D eigenvalue weighted by Crippen LogP contribution is -2.21. The van der Waals surface area contributed by atoms with Crippen LogP contribution in [-0.4, -0.2) is 25.6 Å². The highest BCUT2D eigenvalue weighted by molar-refractivity contribution is 5.96. The van der Waals surface area contributed by atoms with E-state index in [1.165, 1.54) is 25.1 Å². The van der Waals surface area contributed by atoms with Crippen molar-refractivity contribution in [2.45, 2.75) is 19.8 Å². The molecule has 1 heterocycles. The summed E-state index contributed by atoms with van der Waals surface area (Å²) in [5.41, 5.74) is 0.307. The smallest absolute Gasteiger partial charge is 0.163 e. The summed E-state index contributed by atoms with van der Waals surface area (Å²) in [5.74, 6) is 0.314. The molecule has 0 radical (unpaired) electrons. The van der Waals surface area contributed by atoms with Crippen LogP contribution < -0.4 is 4.74 Å². The van der Waals surface area contributed by atoms with E-state index in [1.807, 2.05) is 0 Å². The molecule has 1 aromatic rings. The third-order valence-corrected chi connectivity index (χ3v) is 3.14. The Morgan fingerprint density at radius 1 is 1.44 bits per heavy atom. The minimum atomic E-state index is -0.418. The summed E-state index contributed by atoms with van der Waals surface area (Å²) < 4.78 is 24.0. The summed E-state index contributed by atoms with van der Waals surface area (Å²) in [6, 6.07) is 4.05. The van der Waals surface area contributed by atoms with Crippen molar-refractivity contribution in [3.05, 3.63) is 29.6 Å². The molecule has 0 N–H and O–H groups in total. The Labute approximate surface area is 106 Å². The number of benzene rings is 1. The molecule has 0 unspecified atom stereocenters. The first kappa shape index (κ1) is 13.0. The van der Waals surface area contributed by atoms with Crippen LogP contribution >= 0.6 is 0 Å². The van der Waals surface area contributed by atoms with Gasteiger partial charge >= 0.3 is 0 Å². The monoisotopic (exact) mass is 252 g/mol. The van der Waals surface area contributed by atoms with Crippen LogP contribution in [0.5, 0.6) is 5.75 Å². The molecule has 0 spiro atoms. The predicted octanol–water partition coefficient (Wildman–Crippen LogP) is 2.83. The molecular formula is C14H17FO3. The van der Waals surface area contributed by atoms with Crippen LogP contribution in [-0.2, 0) is 4.74 Å². The molecule has 3 nitrogen and oxygen atoms in total. The van der Waals surface area contributed by atoms with Crippen molar-refractivity contribution < 1.29 is 18.7 Å². The Bertz CT molecular complexity index is 425. The summed E-state index contributed by atoms with van der Waals surface area (Å²) >= 11 is 0. The quantitative estimate of drug-likeness (QED) is 0.773. The fourth-order valence-electron chi connectivity index (χ4n) is 2.02. The second-order valence-corrected chi connectivity index (χ2v) is 4.56. The first-order valence-corrected chi connectivity index (χ1v) is 6.18. The molecule has 18 heavy (non-hydrogen) atoms. The van der Waals surface area contributed by atoms with Crippen LogP contribution in [0, 0.1) is 11.7 Å². The first-order chi connectivity index (χ1) is 8.66. The maximum atomic E-state index is 13.1. The van der Waals surface area contributed by atoms with Crippen LogP contribution in [0.2, 0.25) is 0 Å². The highest BCUT2D eigenvalue weighted by atomic mass is 19.1. The summed E-state index contributed by atoms with van der Waals surface area (Å²) in [6.07, 6.45) is 1.94. The van der Waals surface area contributed by atoms with Gasteiger partial charge in [-0.2, -0.15) is 0 Å². The molecule has 0 atom stereocenters. The number of halogens is 1. The van der Waals surface area contributed by atoms with Crippen molar-refractivity contribution in [2.24, 2.45) is 5.92 Å². The Balaban J connectivity index is 2.01. The molecule has 1 aliphatic rings. The Hall–Kier alpha value is -1.42. The van der Waals surface area contributed by atoms with Gasteiger partial charge in [0.2, 0.25) is 0 Å². The lowest BCUT2D eigenvalue weighted by atomic mass is 10.0. The summed E-state index contributed by atoms with van der Waals surface area (Å²) in [6.45, 7) is 3.49. The molecule has 98 valence electrons. The predicted molar refractivity (Wildman–Crippen MR) is 65.4 cm³/mol. The second kappa shape index (κ2) is 5.96. The molecule has 2 rings (SSSR count). The van der Waals surface area contributed by atoms with Crippen molar-refractivity contribution in [3.63, 3.8) is 0 Å². The molecule has 4 heteroatoms. The van der Waals surface area contributed by atoms with E-state index in [-0.39, 0.29) is 5.78 Å². The third-order valence-electron chi connectivity index (χ3n) is 3.14. The molecule has 0 amide bonds. The van der Waals surface area contributed by atoms with Crippen LogP contribution in [0.4, 0.5) is 4.39 Å². The van der Waals surface area contributed by atoms with Crippen LogP contribution in [0.25, 0.3) is 0 Å². The van der Waals surface area contributed by atoms with E-state index in [1.54, 1.807) is 0 Å². The van der Waals surface area contributed by atoms with E-state index < -0.39 is 5.82 Å². The van der Waals surface area contributed by atoms with E-state index >= 15 is 0 Å². The Kier molecular flexibility index (Phi) is 4.31. The third kappa shape index (κ3) is 3.29. The van der Waals surface area contributed by atoms with Crippen LogP contribution in [0.15, 0.2) is 18.2 Å². The van der Waals surface area contributed by atoms with E-state index in [4.69, 9.17) is 9.47 Å². The van der Waals surface area contributed by atoms with Crippen LogP contribution in [0.3, 0.4) is 0 Å². The average molecular weight is 252 g/mol. The van der Waals surface area contributed by atoms with Crippen molar-refractivity contribution in [1.29, 1.82) is 0 Å². The zero-order valence-corrected chi connectivity index (χ0v) is 10.4. The molecular weight excluding hydrogens is 235 g/mol. The maximum absolute atomic E-state index is 13.1. The van der Waals surface area contributed by atoms with Crippen molar-refractivity contribution in [2.75, 3.05) is 19.8 Å². The topological polar surface area (TPSA) is 35.5 Å². The van der Waals surface area contributed by atoms with Gasteiger partial charge < -0.3 is 9.47 Å². The number of rotatable bonds is 4. The lowest BCUT2D eigenvalue weighted by molar-refractivity contribution is 0.0495. The van der Waals surface area contributed by atoms with Gasteiger partial charge in [0.25, 0.3) is 0 Å². The SMILES string of the molecule is CC(=O)c1cc(F)ccc1OCC1CCOCC1. The standard InChI is InChI=1S/C14H17FO3/c1-10(16)13-8-12(15)2-3-14(13)18-9-11-4-6-17-7-5-11/h2-3,8,11H,4-7,9H2,1H3. The second-order valence-electron chi connectivity index (χ2n) is 4.56. The lowest BCUT2D eigenvalue weighted by Gasteiger charge is -2.22. The summed E-state index contributed by atoms with van der Waals surface area (Å²) in [7, 11) is 0. The zero-order chi connectivity index (χ0) is 13.0. The molecule has 1 fully saturated rings. The first-order valence-electron chi connectivity index (χ1n) is 6.18. The molecule has 0 saturated carbocycles. The number of ether oxygens (including phenoxy) is 2. The number of carbonyl (C=O) groups is 1. The molecule has 1 aromatic carbocycles. The largest absolute Gasteiger partial charge is 0.493 e. The highest BCUT2D eigenvalue weighted by Crippen LogP contribution is 2.23. The fourth-order valence-corrected chi connectivity index (χ4v) is 2.02. The van der Waals surface area contributed by atoms with Gasteiger partial charge in [0.1, 0.15) is 11.6 Å². The van der Waals surface area contributed by atoms with E-state index in [9.17, 15) is 9.18 Å². The summed E-state index contributed by atoms with van der Waals surface area (Å²) in [4.78, 5) is 11.4. The van der Waals surface area contributed by atoms with E-state index in [0.717, 1.165) is 26.1 Å². The molecule has 0 aliphatic carbocycles. The molecule has 1 saturated heterocycles. The Morgan fingerprint density at radius 3 is 2.83 bits per heavy atom. The van der Waals surface area contributed by atoms with Crippen molar-refractivity contribution >= 4 is 5.78 Å².